The minimum atomic E-state index is -0.883. The van der Waals surface area contributed by atoms with Gasteiger partial charge in [-0.2, -0.15) is 0 Å². The molecular weight excluding hydrogens is 408 g/mol. The number of carboxylic acid groups (broad SMARTS) is 1. The number of nitrogens with one attached hydrogen (secondary N) is 1. The van der Waals surface area contributed by atoms with Crippen molar-refractivity contribution in [3.63, 3.8) is 0 Å². The maximum atomic E-state index is 11.4. The zero-order chi connectivity index (χ0) is 22.9. The van der Waals surface area contributed by atoms with Crippen molar-refractivity contribution < 1.29 is 9.90 Å². The van der Waals surface area contributed by atoms with E-state index in [9.17, 15) is 9.90 Å². The van der Waals surface area contributed by atoms with Gasteiger partial charge in [-0.3, -0.25) is 4.90 Å². The van der Waals surface area contributed by atoms with Gasteiger partial charge in [-0.15, -0.1) is 12.3 Å². The van der Waals surface area contributed by atoms with Crippen LogP contribution in [0.25, 0.3) is 10.9 Å². The van der Waals surface area contributed by atoms with Gasteiger partial charge in [0.2, 0.25) is 0 Å². The van der Waals surface area contributed by atoms with Crippen LogP contribution in [0.2, 0.25) is 0 Å². The van der Waals surface area contributed by atoms with E-state index in [1.807, 2.05) is 12.1 Å². The fraction of sp³-hybridized carbons (Fsp3) is 0.414. The molecule has 1 aromatic heterocycles. The summed E-state index contributed by atoms with van der Waals surface area (Å²) >= 11 is 0. The van der Waals surface area contributed by atoms with Crippen LogP contribution in [0.3, 0.4) is 0 Å². The van der Waals surface area contributed by atoms with E-state index in [1.165, 1.54) is 52.4 Å². The van der Waals surface area contributed by atoms with Gasteiger partial charge in [-0.25, -0.2) is 4.79 Å². The van der Waals surface area contributed by atoms with E-state index >= 15 is 0 Å². The molecule has 0 radical (unpaired) electrons. The molecule has 2 fully saturated rings. The summed E-state index contributed by atoms with van der Waals surface area (Å²) in [4.78, 5) is 17.4. The van der Waals surface area contributed by atoms with Crippen molar-refractivity contribution >= 4 is 16.9 Å². The van der Waals surface area contributed by atoms with Gasteiger partial charge in [0.1, 0.15) is 0 Å². The van der Waals surface area contributed by atoms with Gasteiger partial charge in [-0.1, -0.05) is 18.2 Å². The number of hydrogen-bond donors (Lipinski definition) is 2. The van der Waals surface area contributed by atoms with Gasteiger partial charge in [0.15, 0.2) is 0 Å². The molecule has 1 aliphatic carbocycles. The zero-order valence-corrected chi connectivity index (χ0v) is 19.3. The van der Waals surface area contributed by atoms with Crippen LogP contribution < -0.4 is 0 Å². The number of piperidine rings is 1. The number of aromatic amines is 1. The molecule has 2 N–H and O–H groups in total. The van der Waals surface area contributed by atoms with E-state index < -0.39 is 5.97 Å². The van der Waals surface area contributed by atoms with Gasteiger partial charge < -0.3 is 10.1 Å². The van der Waals surface area contributed by atoms with Gasteiger partial charge in [0.05, 0.1) is 5.56 Å². The Bertz CT molecular complexity index is 1200. The SMILES string of the molecule is C#CC[C@H]1CCN(Cc2c(CC3CC3)cc(C)c3[nH]ccc23)[C@H](c2ccc(C(=O)O)cc2)C1. The number of terminal acetylenes is 1. The second kappa shape index (κ2) is 9.08. The summed E-state index contributed by atoms with van der Waals surface area (Å²) in [6, 6.07) is 12.3. The largest absolute Gasteiger partial charge is 0.478 e. The second-order valence-corrected chi connectivity index (χ2v) is 9.96. The number of carbonyl (C=O) groups is 1. The van der Waals surface area contributed by atoms with Crippen LogP contribution in [0.15, 0.2) is 42.6 Å². The molecule has 1 saturated carbocycles. The molecule has 170 valence electrons. The summed E-state index contributed by atoms with van der Waals surface area (Å²) < 4.78 is 0. The van der Waals surface area contributed by atoms with Gasteiger partial charge >= 0.3 is 5.97 Å². The Hall–Kier alpha value is -3.03. The predicted octanol–water partition coefficient (Wildman–Crippen LogP) is 6.10. The highest BCUT2D eigenvalue weighted by atomic mass is 16.4. The Balaban J connectivity index is 1.49. The second-order valence-electron chi connectivity index (χ2n) is 9.96. The topological polar surface area (TPSA) is 56.3 Å². The molecule has 5 rings (SSSR count). The van der Waals surface area contributed by atoms with E-state index in [0.29, 0.717) is 11.5 Å². The first kappa shape index (κ1) is 21.8. The smallest absolute Gasteiger partial charge is 0.335 e. The van der Waals surface area contributed by atoms with Crippen LogP contribution in [-0.4, -0.2) is 27.5 Å². The van der Waals surface area contributed by atoms with E-state index in [-0.39, 0.29) is 6.04 Å². The van der Waals surface area contributed by atoms with E-state index in [4.69, 9.17) is 6.42 Å². The van der Waals surface area contributed by atoms with Crippen LogP contribution in [0.4, 0.5) is 0 Å². The van der Waals surface area contributed by atoms with Crippen molar-refractivity contribution in [3.8, 4) is 12.3 Å². The summed E-state index contributed by atoms with van der Waals surface area (Å²) in [7, 11) is 0. The number of fused-ring (bicyclic) bond motifs is 1. The van der Waals surface area contributed by atoms with Crippen molar-refractivity contribution in [2.24, 2.45) is 11.8 Å². The number of hydrogen-bond acceptors (Lipinski definition) is 2. The van der Waals surface area contributed by atoms with Crippen LogP contribution in [-0.2, 0) is 13.0 Å². The first-order chi connectivity index (χ1) is 16.0. The molecule has 0 bridgehead atoms. The highest BCUT2D eigenvalue weighted by Gasteiger charge is 2.31. The monoisotopic (exact) mass is 440 g/mol. The quantitative estimate of drug-likeness (QED) is 0.436. The van der Waals surface area contributed by atoms with E-state index in [1.54, 1.807) is 12.1 Å². The molecule has 0 unspecified atom stereocenters. The third-order valence-electron chi connectivity index (χ3n) is 7.58. The minimum absolute atomic E-state index is 0.240. The zero-order valence-electron chi connectivity index (χ0n) is 19.3. The number of aromatic nitrogens is 1. The normalized spacial score (nSPS) is 21.2. The lowest BCUT2D eigenvalue weighted by molar-refractivity contribution is 0.0696. The van der Waals surface area contributed by atoms with Crippen molar-refractivity contribution in [1.82, 2.24) is 9.88 Å². The summed E-state index contributed by atoms with van der Waals surface area (Å²) in [5.74, 6) is 3.32. The molecule has 4 heteroatoms. The lowest BCUT2D eigenvalue weighted by Gasteiger charge is -2.40. The molecule has 0 spiro atoms. The molecule has 2 atom stereocenters. The first-order valence-corrected chi connectivity index (χ1v) is 12.1. The van der Waals surface area contributed by atoms with Gasteiger partial charge in [-0.05, 0) is 97.9 Å². The molecule has 4 nitrogen and oxygen atoms in total. The van der Waals surface area contributed by atoms with Crippen LogP contribution in [0.1, 0.15) is 70.8 Å². The average Bonchev–Trinajstić information content (AvgIpc) is 3.48. The van der Waals surface area contributed by atoms with Gasteiger partial charge in [0.25, 0.3) is 0 Å². The summed E-state index contributed by atoms with van der Waals surface area (Å²) in [6.45, 7) is 4.11. The minimum Gasteiger partial charge on any atom is -0.478 e. The molecule has 3 aromatic rings. The highest BCUT2D eigenvalue weighted by molar-refractivity contribution is 5.88. The molecule has 2 heterocycles. The standard InChI is InChI=1S/C29H32N2O2/c1-3-4-20-12-14-31(27(17-20)22-7-9-23(10-8-22)29(32)33)18-26-24(16-21-5-6-21)15-19(2)28-25(26)11-13-30-28/h1,7-11,13,15,20-21,27,30H,4-6,12,14,16-18H2,2H3,(H,32,33)/t20-,27-/m0/s1. The molecule has 1 saturated heterocycles. The van der Waals surface area contributed by atoms with Crippen molar-refractivity contribution in [2.75, 3.05) is 6.54 Å². The summed E-state index contributed by atoms with van der Waals surface area (Å²) in [5.41, 5.74) is 7.03. The maximum absolute atomic E-state index is 11.4. The van der Waals surface area contributed by atoms with Gasteiger partial charge in [0, 0.05) is 36.1 Å². The Morgan fingerprint density at radius 1 is 1.18 bits per heavy atom. The molecule has 0 amide bonds. The summed E-state index contributed by atoms with van der Waals surface area (Å²) in [6.07, 6.45) is 14.5. The predicted molar refractivity (Wildman–Crippen MR) is 132 cm³/mol. The van der Waals surface area contributed by atoms with E-state index in [0.717, 1.165) is 38.3 Å². The molecule has 2 aliphatic rings. The number of aromatic carboxylic acids is 1. The molecule has 2 aromatic carbocycles. The average molecular weight is 441 g/mol. The third kappa shape index (κ3) is 4.56. The molecular formula is C29H32N2O2. The fourth-order valence-corrected chi connectivity index (χ4v) is 5.57. The fourth-order valence-electron chi connectivity index (χ4n) is 5.57. The van der Waals surface area contributed by atoms with Crippen molar-refractivity contribution in [3.05, 3.63) is 70.4 Å². The van der Waals surface area contributed by atoms with Crippen molar-refractivity contribution in [1.29, 1.82) is 0 Å². The van der Waals surface area contributed by atoms with Crippen LogP contribution in [0.5, 0.6) is 0 Å². The Labute approximate surface area is 196 Å². The lowest BCUT2D eigenvalue weighted by atomic mass is 9.84. The Kier molecular flexibility index (Phi) is 6.00. The first-order valence-electron chi connectivity index (χ1n) is 12.1. The number of nitrogens with zero attached hydrogens (tertiary/aromatic N) is 1. The Morgan fingerprint density at radius 2 is 1.97 bits per heavy atom. The van der Waals surface area contributed by atoms with Crippen molar-refractivity contribution in [2.45, 2.75) is 58.0 Å². The number of carboxylic acids is 1. The maximum Gasteiger partial charge on any atom is 0.335 e. The Morgan fingerprint density at radius 3 is 2.67 bits per heavy atom. The number of benzene rings is 2. The number of rotatable bonds is 7. The number of likely N-dealkylation sites (tertiary alicyclic amines) is 1. The van der Waals surface area contributed by atoms with E-state index in [2.05, 4.69) is 41.1 Å². The molecule has 33 heavy (non-hydrogen) atoms. The molecule has 1 aliphatic heterocycles. The van der Waals surface area contributed by atoms with Crippen LogP contribution in [0, 0.1) is 31.1 Å². The highest BCUT2D eigenvalue weighted by Crippen LogP contribution is 2.40. The summed E-state index contributed by atoms with van der Waals surface area (Å²) in [5, 5.41) is 10.7. The van der Waals surface area contributed by atoms with Crippen LogP contribution >= 0.6 is 0 Å². The number of aryl methyl sites for hydroxylation is 1. The third-order valence-corrected chi connectivity index (χ3v) is 7.58. The number of H-pyrrole nitrogens is 1. The lowest BCUT2D eigenvalue weighted by Crippen LogP contribution is -2.36.